The van der Waals surface area contributed by atoms with Gasteiger partial charge in [-0.25, -0.2) is 0 Å². The summed E-state index contributed by atoms with van der Waals surface area (Å²) in [6.07, 6.45) is 9.24. The summed E-state index contributed by atoms with van der Waals surface area (Å²) in [5, 5.41) is 1.93. The highest BCUT2D eigenvalue weighted by Gasteiger charge is 2.46. The van der Waals surface area contributed by atoms with Gasteiger partial charge in [0.05, 0.1) is 11.4 Å². The van der Waals surface area contributed by atoms with E-state index in [1.807, 2.05) is 30.6 Å². The minimum absolute atomic E-state index is 0.0226. The molecule has 1 atom stereocenters. The Hall–Kier alpha value is -4.01. The molecule has 1 saturated carbocycles. The highest BCUT2D eigenvalue weighted by Crippen LogP contribution is 2.62. The molecule has 240 valence electrons. The molecule has 0 saturated heterocycles. The topological polar surface area (TPSA) is 52.1 Å². The van der Waals surface area contributed by atoms with Crippen LogP contribution in [-0.4, -0.2) is 15.6 Å². The van der Waals surface area contributed by atoms with Gasteiger partial charge in [-0.05, 0) is 88.9 Å². The molecule has 47 heavy (non-hydrogen) atoms. The van der Waals surface area contributed by atoms with E-state index in [9.17, 15) is 0 Å². The van der Waals surface area contributed by atoms with Gasteiger partial charge in [-0.15, -0.1) is 0 Å². The van der Waals surface area contributed by atoms with E-state index in [1.54, 1.807) is 0 Å². The molecule has 3 heterocycles. The van der Waals surface area contributed by atoms with Crippen molar-refractivity contribution in [1.29, 1.82) is 0 Å². The van der Waals surface area contributed by atoms with Crippen LogP contribution in [0.5, 0.6) is 11.5 Å². The molecule has 7 rings (SSSR count). The summed E-state index contributed by atoms with van der Waals surface area (Å²) < 4.78 is 22.4. The van der Waals surface area contributed by atoms with Gasteiger partial charge in [0.2, 0.25) is 0 Å². The van der Waals surface area contributed by atoms with Crippen LogP contribution in [0.4, 0.5) is 0 Å². The first-order valence-corrected chi connectivity index (χ1v) is 18.8. The zero-order chi connectivity index (χ0) is 33.0. The summed E-state index contributed by atoms with van der Waals surface area (Å²) in [6, 6.07) is 29.2. The van der Waals surface area contributed by atoms with Gasteiger partial charge in [0.25, 0.3) is 0 Å². The number of hydrogen-bond acceptors (Lipinski definition) is 4. The van der Waals surface area contributed by atoms with Crippen LogP contribution in [-0.2, 0) is 15.4 Å². The number of rotatable bonds is 5. The van der Waals surface area contributed by atoms with E-state index in [0.717, 1.165) is 75.7 Å². The third-order valence-electron chi connectivity index (χ3n) is 9.96. The number of aromatic nitrogens is 2. The van der Waals surface area contributed by atoms with Crippen molar-refractivity contribution < 1.29 is 9.30 Å². The minimum atomic E-state index is -2.95. The van der Waals surface area contributed by atoms with Crippen molar-refractivity contribution in [2.75, 3.05) is 0 Å². The Morgan fingerprint density at radius 3 is 2.00 bits per heavy atom. The summed E-state index contributed by atoms with van der Waals surface area (Å²) in [5.74, 6) is 1.40. The first-order chi connectivity index (χ1) is 22.4. The number of nitrogens with zero attached hydrogens (tertiary/aromatic N) is 2. The Bertz CT molecular complexity index is 2010. The van der Waals surface area contributed by atoms with Crippen LogP contribution in [0.3, 0.4) is 0 Å². The largest absolute Gasteiger partial charge is 0.457 e. The van der Waals surface area contributed by atoms with Crippen molar-refractivity contribution >= 4 is 17.8 Å². The van der Waals surface area contributed by atoms with Gasteiger partial charge in [-0.3, -0.25) is 9.97 Å². The second kappa shape index (κ2) is 11.9. The lowest BCUT2D eigenvalue weighted by Crippen LogP contribution is -2.24. The maximum absolute atomic E-state index is 15.7. The molecule has 1 unspecified atom stereocenters. The molecule has 0 amide bonds. The number of benzene rings is 3. The van der Waals surface area contributed by atoms with E-state index in [0.29, 0.717) is 5.75 Å². The maximum atomic E-state index is 15.7. The summed E-state index contributed by atoms with van der Waals surface area (Å²) in [4.78, 5) is 9.60. The average Bonchev–Trinajstić information content (AvgIpc) is 3.33. The van der Waals surface area contributed by atoms with Gasteiger partial charge in [-0.2, -0.15) is 0 Å². The van der Waals surface area contributed by atoms with Gasteiger partial charge in [0.1, 0.15) is 18.6 Å². The van der Waals surface area contributed by atoms with Gasteiger partial charge < -0.3 is 9.30 Å². The predicted molar refractivity (Wildman–Crippen MR) is 196 cm³/mol. The summed E-state index contributed by atoms with van der Waals surface area (Å²) in [6.45, 7) is 13.3. The number of fused-ring (bicyclic) bond motifs is 3. The fraction of sp³-hybridized carbons (Fsp3) is 0.333. The van der Waals surface area contributed by atoms with E-state index in [2.05, 4.69) is 108 Å². The van der Waals surface area contributed by atoms with Crippen LogP contribution in [0.25, 0.3) is 33.6 Å². The lowest BCUT2D eigenvalue weighted by molar-refractivity contribution is 0.482. The molecule has 0 bridgehead atoms. The molecule has 2 aromatic heterocycles. The van der Waals surface area contributed by atoms with Gasteiger partial charge >= 0.3 is 0 Å². The standard InChI is InChI=1S/C42H45N2O2P/c1-41(2,3)29-19-21-43-36(24-29)28-13-12-14-31(23-28)46-32-26-35(37-25-30(20-22-44-37)42(4,5)6)40-34-17-10-11-18-38(34)47(45,39(40)27-32)33-15-8-7-9-16-33/h10-14,17-27,33H,7-9,15-16H2,1-6H3. The first-order valence-electron chi connectivity index (χ1n) is 17.0. The predicted octanol–water partition coefficient (Wildman–Crippen LogP) is 10.8. The molecule has 2 aliphatic rings. The van der Waals surface area contributed by atoms with E-state index < -0.39 is 7.14 Å². The van der Waals surface area contributed by atoms with Crippen LogP contribution in [0.2, 0.25) is 0 Å². The molecular weight excluding hydrogens is 595 g/mol. The van der Waals surface area contributed by atoms with Gasteiger partial charge in [0, 0.05) is 45.4 Å². The van der Waals surface area contributed by atoms with E-state index >= 15 is 4.57 Å². The number of pyridine rings is 2. The Morgan fingerprint density at radius 1 is 0.638 bits per heavy atom. The molecule has 4 nitrogen and oxygen atoms in total. The average molecular weight is 641 g/mol. The second-order valence-corrected chi connectivity index (χ2v) is 18.3. The molecule has 3 aromatic carbocycles. The molecule has 0 radical (unpaired) electrons. The molecule has 1 aliphatic carbocycles. The van der Waals surface area contributed by atoms with Crippen molar-refractivity contribution in [3.05, 3.63) is 108 Å². The van der Waals surface area contributed by atoms with E-state index in [4.69, 9.17) is 14.7 Å². The third-order valence-corrected chi connectivity index (χ3v) is 13.7. The van der Waals surface area contributed by atoms with Crippen LogP contribution >= 0.6 is 7.14 Å². The van der Waals surface area contributed by atoms with Crippen LogP contribution in [0.1, 0.15) is 84.8 Å². The molecule has 5 heteroatoms. The minimum Gasteiger partial charge on any atom is -0.457 e. The number of hydrogen-bond donors (Lipinski definition) is 0. The molecular formula is C42H45N2O2P. The monoisotopic (exact) mass is 640 g/mol. The summed E-state index contributed by atoms with van der Waals surface area (Å²) in [7, 11) is -2.95. The van der Waals surface area contributed by atoms with Crippen molar-refractivity contribution in [3.63, 3.8) is 0 Å². The molecule has 1 aliphatic heterocycles. The molecule has 0 N–H and O–H groups in total. The molecule has 5 aromatic rings. The normalized spacial score (nSPS) is 18.1. The van der Waals surface area contributed by atoms with Crippen molar-refractivity contribution in [3.8, 4) is 45.1 Å². The quantitative estimate of drug-likeness (QED) is 0.179. The van der Waals surface area contributed by atoms with Crippen molar-refractivity contribution in [2.24, 2.45) is 0 Å². The molecule has 0 spiro atoms. The third kappa shape index (κ3) is 5.87. The Morgan fingerprint density at radius 2 is 1.30 bits per heavy atom. The van der Waals surface area contributed by atoms with Gasteiger partial charge in [-0.1, -0.05) is 97.2 Å². The van der Waals surface area contributed by atoms with Crippen LogP contribution in [0, 0.1) is 0 Å². The van der Waals surface area contributed by atoms with Gasteiger partial charge in [0.15, 0.2) is 0 Å². The Kier molecular flexibility index (Phi) is 8.00. The van der Waals surface area contributed by atoms with Crippen molar-refractivity contribution in [1.82, 2.24) is 9.97 Å². The fourth-order valence-corrected chi connectivity index (χ4v) is 11.2. The SMILES string of the molecule is CC(C)(C)c1ccnc(-c2cccc(Oc3cc(-c4cc(C(C)(C)C)ccn4)c4c(c3)P(=O)(C3CCCCC3)c3ccccc3-4)c2)c1. The Labute approximate surface area is 280 Å². The zero-order valence-corrected chi connectivity index (χ0v) is 29.4. The highest BCUT2D eigenvalue weighted by molar-refractivity contribution is 7.80. The van der Waals surface area contributed by atoms with E-state index in [-0.39, 0.29) is 16.5 Å². The van der Waals surface area contributed by atoms with Crippen LogP contribution < -0.4 is 15.3 Å². The highest BCUT2D eigenvalue weighted by atomic mass is 31.2. The summed E-state index contributed by atoms with van der Waals surface area (Å²) in [5.41, 5.74) is 8.46. The second-order valence-electron chi connectivity index (χ2n) is 15.3. The zero-order valence-electron chi connectivity index (χ0n) is 28.5. The first kappa shape index (κ1) is 31.6. The summed E-state index contributed by atoms with van der Waals surface area (Å²) >= 11 is 0. The Balaban J connectivity index is 1.39. The lowest BCUT2D eigenvalue weighted by Gasteiger charge is -2.29. The van der Waals surface area contributed by atoms with Crippen molar-refractivity contribution in [2.45, 2.75) is 90.1 Å². The lowest BCUT2D eigenvalue weighted by atomic mass is 9.86. The number of ether oxygens (including phenoxy) is 1. The molecule has 1 fully saturated rings. The fourth-order valence-electron chi connectivity index (χ4n) is 7.30. The van der Waals surface area contributed by atoms with Crippen LogP contribution in [0.15, 0.2) is 97.3 Å². The van der Waals surface area contributed by atoms with E-state index in [1.165, 1.54) is 17.5 Å². The maximum Gasteiger partial charge on any atom is 0.147 e. The smallest absolute Gasteiger partial charge is 0.147 e.